The molecule has 1 saturated carbocycles. The molecule has 3 nitrogen and oxygen atoms in total. The van der Waals surface area contributed by atoms with Crippen LogP contribution in [0, 0.1) is 5.92 Å². The zero-order valence-electron chi connectivity index (χ0n) is 7.75. The van der Waals surface area contributed by atoms with Crippen LogP contribution in [0.25, 0.3) is 0 Å². The van der Waals surface area contributed by atoms with Crippen molar-refractivity contribution in [2.45, 2.75) is 25.7 Å². The lowest BCUT2D eigenvalue weighted by Gasteiger charge is -2.27. The highest BCUT2D eigenvalue weighted by molar-refractivity contribution is 5.77. The Morgan fingerprint density at radius 3 is 2.67 bits per heavy atom. The molecule has 1 amide bonds. The lowest BCUT2D eigenvalue weighted by atomic mass is 9.83. The maximum atomic E-state index is 11.0. The maximum absolute atomic E-state index is 11.0. The van der Waals surface area contributed by atoms with Gasteiger partial charge in [0, 0.05) is 13.6 Å². The van der Waals surface area contributed by atoms with E-state index in [2.05, 4.69) is 0 Å². The van der Waals surface area contributed by atoms with E-state index in [-0.39, 0.29) is 12.5 Å². The summed E-state index contributed by atoms with van der Waals surface area (Å²) in [5.74, 6) is 0.923. The van der Waals surface area contributed by atoms with Gasteiger partial charge in [-0.2, -0.15) is 0 Å². The predicted molar refractivity (Wildman–Crippen MR) is 48.6 cm³/mol. The molecule has 0 unspecified atom stereocenters. The molecule has 1 rings (SSSR count). The summed E-state index contributed by atoms with van der Waals surface area (Å²) in [6.45, 7) is 1.02. The summed E-state index contributed by atoms with van der Waals surface area (Å²) < 4.78 is 0. The molecule has 0 heterocycles. The van der Waals surface area contributed by atoms with E-state index >= 15 is 0 Å². The van der Waals surface area contributed by atoms with Crippen molar-refractivity contribution in [3.8, 4) is 0 Å². The van der Waals surface area contributed by atoms with Crippen LogP contribution in [0.15, 0.2) is 0 Å². The number of carbonyl (C=O) groups is 1. The number of nitrogens with zero attached hydrogens (tertiary/aromatic N) is 1. The average Bonchev–Trinajstić information content (AvgIpc) is 2.00. The standard InChI is InChI=1S/C9H18N2O/c1-11(9(12)7-10)6-5-8-3-2-4-8/h8H,2-7,10H2,1H3. The van der Waals surface area contributed by atoms with Crippen molar-refractivity contribution in [2.75, 3.05) is 20.1 Å². The summed E-state index contributed by atoms with van der Waals surface area (Å²) in [5.41, 5.74) is 5.23. The van der Waals surface area contributed by atoms with Crippen molar-refractivity contribution in [1.29, 1.82) is 0 Å². The molecule has 1 aliphatic rings. The Morgan fingerprint density at radius 1 is 1.58 bits per heavy atom. The average molecular weight is 170 g/mol. The van der Waals surface area contributed by atoms with E-state index in [9.17, 15) is 4.79 Å². The largest absolute Gasteiger partial charge is 0.345 e. The van der Waals surface area contributed by atoms with Gasteiger partial charge < -0.3 is 10.6 Å². The molecule has 1 fully saturated rings. The van der Waals surface area contributed by atoms with Crippen molar-refractivity contribution in [1.82, 2.24) is 4.90 Å². The quantitative estimate of drug-likeness (QED) is 0.671. The second-order valence-corrected chi connectivity index (χ2v) is 3.61. The molecular formula is C9H18N2O. The van der Waals surface area contributed by atoms with Crippen LogP contribution in [0.3, 0.4) is 0 Å². The summed E-state index contributed by atoms with van der Waals surface area (Å²) in [6.07, 6.45) is 5.23. The van der Waals surface area contributed by atoms with Gasteiger partial charge in [0.1, 0.15) is 0 Å². The van der Waals surface area contributed by atoms with Crippen LogP contribution in [0.5, 0.6) is 0 Å². The van der Waals surface area contributed by atoms with Gasteiger partial charge in [-0.25, -0.2) is 0 Å². The molecule has 0 radical (unpaired) electrons. The molecule has 2 N–H and O–H groups in total. The first-order valence-electron chi connectivity index (χ1n) is 4.68. The van der Waals surface area contributed by atoms with E-state index in [0.717, 1.165) is 18.9 Å². The number of nitrogens with two attached hydrogens (primary N) is 1. The summed E-state index contributed by atoms with van der Waals surface area (Å²) >= 11 is 0. The topological polar surface area (TPSA) is 46.3 Å². The number of rotatable bonds is 4. The predicted octanol–water partition coefficient (Wildman–Crippen LogP) is 0.594. The number of amides is 1. The van der Waals surface area contributed by atoms with Crippen LogP contribution in [0.1, 0.15) is 25.7 Å². The van der Waals surface area contributed by atoms with Gasteiger partial charge in [0.2, 0.25) is 5.91 Å². The SMILES string of the molecule is CN(CCC1CCC1)C(=O)CN. The third-order valence-electron chi connectivity index (χ3n) is 2.70. The van der Waals surface area contributed by atoms with Crippen LogP contribution in [-0.2, 0) is 4.79 Å². The molecule has 0 atom stereocenters. The molecule has 0 aromatic rings. The Bertz CT molecular complexity index is 155. The van der Waals surface area contributed by atoms with Crippen LogP contribution in [0.4, 0.5) is 0 Å². The van der Waals surface area contributed by atoms with E-state index in [4.69, 9.17) is 5.73 Å². The Kier molecular flexibility index (Phi) is 3.53. The lowest BCUT2D eigenvalue weighted by Crippen LogP contribution is -2.34. The van der Waals surface area contributed by atoms with Crippen molar-refractivity contribution < 1.29 is 4.79 Å². The molecule has 12 heavy (non-hydrogen) atoms. The number of hydrogen-bond acceptors (Lipinski definition) is 2. The summed E-state index contributed by atoms with van der Waals surface area (Å²) in [7, 11) is 1.83. The van der Waals surface area contributed by atoms with E-state index in [1.54, 1.807) is 4.90 Å². The third kappa shape index (κ3) is 2.48. The number of hydrogen-bond donors (Lipinski definition) is 1. The molecule has 0 saturated heterocycles. The summed E-state index contributed by atoms with van der Waals surface area (Å²) in [5, 5.41) is 0. The molecule has 70 valence electrons. The van der Waals surface area contributed by atoms with Gasteiger partial charge in [-0.15, -0.1) is 0 Å². The highest BCUT2D eigenvalue weighted by atomic mass is 16.2. The van der Waals surface area contributed by atoms with Gasteiger partial charge in [-0.3, -0.25) is 4.79 Å². The van der Waals surface area contributed by atoms with Crippen molar-refractivity contribution in [2.24, 2.45) is 11.7 Å². The number of carbonyl (C=O) groups excluding carboxylic acids is 1. The van der Waals surface area contributed by atoms with E-state index in [0.29, 0.717) is 0 Å². The zero-order chi connectivity index (χ0) is 8.97. The molecule has 0 bridgehead atoms. The fourth-order valence-electron chi connectivity index (χ4n) is 1.44. The lowest BCUT2D eigenvalue weighted by molar-refractivity contribution is -0.128. The summed E-state index contributed by atoms with van der Waals surface area (Å²) in [4.78, 5) is 12.8. The first kappa shape index (κ1) is 9.52. The second kappa shape index (κ2) is 4.45. The minimum atomic E-state index is 0.0503. The van der Waals surface area contributed by atoms with Gasteiger partial charge in [0.05, 0.1) is 6.54 Å². The van der Waals surface area contributed by atoms with Gasteiger partial charge in [0.25, 0.3) is 0 Å². The van der Waals surface area contributed by atoms with Crippen molar-refractivity contribution in [3.63, 3.8) is 0 Å². The van der Waals surface area contributed by atoms with E-state index in [1.165, 1.54) is 19.3 Å². The Labute approximate surface area is 73.9 Å². The Hall–Kier alpha value is -0.570. The molecule has 0 spiro atoms. The smallest absolute Gasteiger partial charge is 0.236 e. The molecule has 0 aromatic carbocycles. The normalized spacial score (nSPS) is 17.2. The molecule has 3 heteroatoms. The zero-order valence-corrected chi connectivity index (χ0v) is 7.75. The molecule has 0 aromatic heterocycles. The van der Waals surface area contributed by atoms with Crippen molar-refractivity contribution in [3.05, 3.63) is 0 Å². The minimum absolute atomic E-state index is 0.0503. The number of likely N-dealkylation sites (N-methyl/N-ethyl adjacent to an activating group) is 1. The van der Waals surface area contributed by atoms with E-state index in [1.807, 2.05) is 7.05 Å². The van der Waals surface area contributed by atoms with Crippen LogP contribution < -0.4 is 5.73 Å². The molecule has 0 aliphatic heterocycles. The van der Waals surface area contributed by atoms with Gasteiger partial charge in [-0.05, 0) is 12.3 Å². The highest BCUT2D eigenvalue weighted by Crippen LogP contribution is 2.29. The first-order chi connectivity index (χ1) is 5.74. The maximum Gasteiger partial charge on any atom is 0.236 e. The van der Waals surface area contributed by atoms with Gasteiger partial charge in [0.15, 0.2) is 0 Å². The van der Waals surface area contributed by atoms with Crippen LogP contribution in [-0.4, -0.2) is 30.9 Å². The third-order valence-corrected chi connectivity index (χ3v) is 2.70. The Balaban J connectivity index is 2.08. The van der Waals surface area contributed by atoms with Crippen LogP contribution in [0.2, 0.25) is 0 Å². The highest BCUT2D eigenvalue weighted by Gasteiger charge is 2.18. The second-order valence-electron chi connectivity index (χ2n) is 3.61. The van der Waals surface area contributed by atoms with Gasteiger partial charge in [-0.1, -0.05) is 19.3 Å². The first-order valence-corrected chi connectivity index (χ1v) is 4.68. The summed E-state index contributed by atoms with van der Waals surface area (Å²) in [6, 6.07) is 0. The van der Waals surface area contributed by atoms with Crippen molar-refractivity contribution >= 4 is 5.91 Å². The fraction of sp³-hybridized carbons (Fsp3) is 0.889. The van der Waals surface area contributed by atoms with Crippen LogP contribution >= 0.6 is 0 Å². The fourth-order valence-corrected chi connectivity index (χ4v) is 1.44. The molecular weight excluding hydrogens is 152 g/mol. The molecule has 1 aliphatic carbocycles. The monoisotopic (exact) mass is 170 g/mol. The van der Waals surface area contributed by atoms with Gasteiger partial charge >= 0.3 is 0 Å². The minimum Gasteiger partial charge on any atom is -0.345 e. The van der Waals surface area contributed by atoms with E-state index < -0.39 is 0 Å². The Morgan fingerprint density at radius 2 is 2.25 bits per heavy atom.